The van der Waals surface area contributed by atoms with Gasteiger partial charge >= 0.3 is 5.97 Å². The van der Waals surface area contributed by atoms with Crippen molar-refractivity contribution in [2.45, 2.75) is 6.29 Å². The number of anilines is 1. The number of carbonyl (C=O) groups is 2. The van der Waals surface area contributed by atoms with Gasteiger partial charge in [-0.3, -0.25) is 9.69 Å². The quantitative estimate of drug-likeness (QED) is 0.495. The summed E-state index contributed by atoms with van der Waals surface area (Å²) in [6.45, 7) is 0.522. The molecule has 2 N–H and O–H groups in total. The van der Waals surface area contributed by atoms with Gasteiger partial charge in [-0.1, -0.05) is 15.9 Å². The van der Waals surface area contributed by atoms with Crippen molar-refractivity contribution in [3.05, 3.63) is 28.4 Å². The first-order chi connectivity index (χ1) is 12.4. The molecule has 142 valence electrons. The van der Waals surface area contributed by atoms with E-state index >= 15 is 0 Å². The number of hydrogen-bond donors (Lipinski definition) is 2. The third kappa shape index (κ3) is 4.82. The molecule has 0 aliphatic rings. The monoisotopic (exact) mass is 427 g/mol. The van der Waals surface area contributed by atoms with Crippen LogP contribution >= 0.6 is 15.9 Å². The van der Waals surface area contributed by atoms with Crippen LogP contribution in [-0.4, -0.2) is 69.5 Å². The third-order valence-electron chi connectivity index (χ3n) is 3.81. The molecule has 1 heterocycles. The van der Waals surface area contributed by atoms with Crippen molar-refractivity contribution in [2.75, 3.05) is 46.8 Å². The minimum absolute atomic E-state index is 0.102. The van der Waals surface area contributed by atoms with Crippen molar-refractivity contribution >= 4 is 44.4 Å². The summed E-state index contributed by atoms with van der Waals surface area (Å²) in [6, 6.07) is 5.48. The Morgan fingerprint density at radius 2 is 1.96 bits per heavy atom. The Kier molecular flexibility index (Phi) is 7.15. The average molecular weight is 428 g/mol. The molecule has 1 amide bonds. The standard InChI is InChI=1S/C17H22BrN3O5/c1-21(9-14(24-2)25-3)8-13(22)20-15-11-7-10(18)5-6-12(11)19-16(15)17(23)26-4/h5-7,14,19H,8-9H2,1-4H3,(H,20,22). The summed E-state index contributed by atoms with van der Waals surface area (Å²) in [5.41, 5.74) is 1.31. The predicted octanol–water partition coefficient (Wildman–Crippen LogP) is 2.21. The molecule has 9 heteroatoms. The first-order valence-corrected chi connectivity index (χ1v) is 8.62. The van der Waals surface area contributed by atoms with Gasteiger partial charge in [-0.25, -0.2) is 4.79 Å². The molecule has 0 atom stereocenters. The third-order valence-corrected chi connectivity index (χ3v) is 4.31. The fourth-order valence-electron chi connectivity index (χ4n) is 2.54. The van der Waals surface area contributed by atoms with Crippen LogP contribution < -0.4 is 5.32 Å². The zero-order valence-electron chi connectivity index (χ0n) is 15.1. The predicted molar refractivity (Wildman–Crippen MR) is 101 cm³/mol. The molecule has 26 heavy (non-hydrogen) atoms. The highest BCUT2D eigenvalue weighted by molar-refractivity contribution is 9.10. The average Bonchev–Trinajstić information content (AvgIpc) is 2.96. The second-order valence-corrected chi connectivity index (χ2v) is 6.62. The van der Waals surface area contributed by atoms with E-state index in [0.717, 1.165) is 9.99 Å². The van der Waals surface area contributed by atoms with Crippen LogP contribution in [0.4, 0.5) is 5.69 Å². The molecule has 0 aliphatic carbocycles. The zero-order valence-corrected chi connectivity index (χ0v) is 16.7. The van der Waals surface area contributed by atoms with Crippen molar-refractivity contribution in [1.82, 2.24) is 9.88 Å². The van der Waals surface area contributed by atoms with E-state index in [4.69, 9.17) is 14.2 Å². The van der Waals surface area contributed by atoms with Gasteiger partial charge in [0, 0.05) is 36.1 Å². The molecule has 0 aliphatic heterocycles. The minimum Gasteiger partial charge on any atom is -0.464 e. The smallest absolute Gasteiger partial charge is 0.356 e. The summed E-state index contributed by atoms with van der Waals surface area (Å²) in [7, 11) is 6.14. The molecule has 0 radical (unpaired) electrons. The van der Waals surface area contributed by atoms with Crippen molar-refractivity contribution < 1.29 is 23.8 Å². The number of methoxy groups -OCH3 is 3. The van der Waals surface area contributed by atoms with Gasteiger partial charge in [0.15, 0.2) is 6.29 Å². The lowest BCUT2D eigenvalue weighted by atomic mass is 10.2. The highest BCUT2D eigenvalue weighted by Crippen LogP contribution is 2.30. The van der Waals surface area contributed by atoms with E-state index in [1.807, 2.05) is 18.2 Å². The number of aromatic amines is 1. The maximum absolute atomic E-state index is 12.5. The second-order valence-electron chi connectivity index (χ2n) is 5.70. The number of rotatable bonds is 8. The summed E-state index contributed by atoms with van der Waals surface area (Å²) in [5.74, 6) is -0.829. The lowest BCUT2D eigenvalue weighted by Gasteiger charge is -2.21. The molecule has 0 spiro atoms. The Hall–Kier alpha value is -1.94. The molecule has 0 unspecified atom stereocenters. The van der Waals surface area contributed by atoms with Gasteiger partial charge in [0.05, 0.1) is 19.3 Å². The largest absolute Gasteiger partial charge is 0.464 e. The number of nitrogens with zero attached hydrogens (tertiary/aromatic N) is 1. The van der Waals surface area contributed by atoms with Crippen molar-refractivity contribution in [1.29, 1.82) is 0 Å². The molecule has 0 saturated carbocycles. The second kappa shape index (κ2) is 9.13. The Morgan fingerprint density at radius 1 is 1.27 bits per heavy atom. The van der Waals surface area contributed by atoms with Gasteiger partial charge in [0.2, 0.25) is 5.91 Å². The lowest BCUT2D eigenvalue weighted by Crippen LogP contribution is -2.37. The number of carbonyl (C=O) groups excluding carboxylic acids is 2. The molecule has 8 nitrogen and oxygen atoms in total. The Bertz CT molecular complexity index is 788. The number of aromatic nitrogens is 1. The van der Waals surface area contributed by atoms with E-state index in [1.54, 1.807) is 11.9 Å². The van der Waals surface area contributed by atoms with E-state index in [-0.39, 0.29) is 18.1 Å². The molecule has 0 bridgehead atoms. The fourth-order valence-corrected chi connectivity index (χ4v) is 2.90. The minimum atomic E-state index is -0.556. The van der Waals surface area contributed by atoms with Gasteiger partial charge in [0.25, 0.3) is 0 Å². The van der Waals surface area contributed by atoms with E-state index < -0.39 is 12.3 Å². The number of hydrogen-bond acceptors (Lipinski definition) is 6. The number of ether oxygens (including phenoxy) is 3. The molecule has 2 rings (SSSR count). The Labute approximate surface area is 159 Å². The number of halogens is 1. The van der Waals surface area contributed by atoms with E-state index in [1.165, 1.54) is 21.3 Å². The maximum atomic E-state index is 12.5. The van der Waals surface area contributed by atoms with E-state index in [9.17, 15) is 9.59 Å². The summed E-state index contributed by atoms with van der Waals surface area (Å²) in [5, 5.41) is 3.51. The maximum Gasteiger partial charge on any atom is 0.356 e. The zero-order chi connectivity index (χ0) is 19.3. The van der Waals surface area contributed by atoms with E-state index in [2.05, 4.69) is 26.2 Å². The number of fused-ring (bicyclic) bond motifs is 1. The van der Waals surface area contributed by atoms with Crippen LogP contribution in [0.15, 0.2) is 22.7 Å². The van der Waals surface area contributed by atoms with Crippen molar-refractivity contribution in [3.63, 3.8) is 0 Å². The Morgan fingerprint density at radius 3 is 2.58 bits per heavy atom. The summed E-state index contributed by atoms with van der Waals surface area (Å²) in [6.07, 6.45) is -0.428. The summed E-state index contributed by atoms with van der Waals surface area (Å²) >= 11 is 3.40. The number of likely N-dealkylation sites (N-methyl/N-ethyl adjacent to an activating group) is 1. The van der Waals surface area contributed by atoms with E-state index in [0.29, 0.717) is 17.6 Å². The molecular formula is C17H22BrN3O5. The highest BCUT2D eigenvalue weighted by atomic mass is 79.9. The lowest BCUT2D eigenvalue weighted by molar-refractivity contribution is -0.124. The van der Waals surface area contributed by atoms with Gasteiger partial charge < -0.3 is 24.5 Å². The van der Waals surface area contributed by atoms with Gasteiger partial charge in [-0.05, 0) is 25.2 Å². The first kappa shape index (κ1) is 20.4. The Balaban J connectivity index is 2.21. The van der Waals surface area contributed by atoms with Crippen LogP contribution in [-0.2, 0) is 19.0 Å². The number of H-pyrrole nitrogens is 1. The van der Waals surface area contributed by atoms with Gasteiger partial charge in [-0.2, -0.15) is 0 Å². The first-order valence-electron chi connectivity index (χ1n) is 7.83. The fraction of sp³-hybridized carbons (Fsp3) is 0.412. The molecule has 1 aromatic carbocycles. The number of amides is 1. The highest BCUT2D eigenvalue weighted by Gasteiger charge is 2.21. The van der Waals surface area contributed by atoms with Gasteiger partial charge in [-0.15, -0.1) is 0 Å². The van der Waals surface area contributed by atoms with Crippen LogP contribution in [0.5, 0.6) is 0 Å². The normalized spacial score (nSPS) is 11.3. The number of esters is 1. The molecular weight excluding hydrogens is 406 g/mol. The number of benzene rings is 1. The van der Waals surface area contributed by atoms with Crippen LogP contribution in [0, 0.1) is 0 Å². The van der Waals surface area contributed by atoms with Crippen LogP contribution in [0.3, 0.4) is 0 Å². The molecule has 0 fully saturated rings. The van der Waals surface area contributed by atoms with Crippen LogP contribution in [0.1, 0.15) is 10.5 Å². The van der Waals surface area contributed by atoms with Crippen molar-refractivity contribution in [2.24, 2.45) is 0 Å². The van der Waals surface area contributed by atoms with Gasteiger partial charge in [0.1, 0.15) is 5.69 Å². The topological polar surface area (TPSA) is 92.9 Å². The molecule has 1 aromatic heterocycles. The molecule has 2 aromatic rings. The summed E-state index contributed by atoms with van der Waals surface area (Å²) in [4.78, 5) is 29.3. The van der Waals surface area contributed by atoms with Crippen LogP contribution in [0.2, 0.25) is 0 Å². The SMILES string of the molecule is COC(=O)c1[nH]c2ccc(Br)cc2c1NC(=O)CN(C)CC(OC)OC. The molecule has 0 saturated heterocycles. The number of nitrogens with one attached hydrogen (secondary N) is 2. The summed E-state index contributed by atoms with van der Waals surface area (Å²) < 4.78 is 15.9. The van der Waals surface area contributed by atoms with Crippen molar-refractivity contribution in [3.8, 4) is 0 Å². The van der Waals surface area contributed by atoms with Crippen LogP contribution in [0.25, 0.3) is 10.9 Å².